The van der Waals surface area contributed by atoms with Crippen LogP contribution in [0.4, 0.5) is 5.69 Å². The van der Waals surface area contributed by atoms with Gasteiger partial charge in [-0.3, -0.25) is 9.59 Å². The first-order chi connectivity index (χ1) is 12.5. The number of nitrogens with zero attached hydrogens (tertiary/aromatic N) is 1. The van der Waals surface area contributed by atoms with E-state index in [1.807, 2.05) is 30.3 Å². The Morgan fingerprint density at radius 2 is 1.88 bits per heavy atom. The quantitative estimate of drug-likeness (QED) is 0.848. The average molecular weight is 372 g/mol. The maximum absolute atomic E-state index is 12.3. The largest absolute Gasteiger partial charge is 0.371 e. The van der Waals surface area contributed by atoms with E-state index in [4.69, 9.17) is 17.3 Å². The fourth-order valence-electron chi connectivity index (χ4n) is 3.19. The van der Waals surface area contributed by atoms with Gasteiger partial charge in [0.1, 0.15) is 0 Å². The Morgan fingerprint density at radius 3 is 2.58 bits per heavy atom. The second kappa shape index (κ2) is 8.23. The van der Waals surface area contributed by atoms with E-state index in [0.29, 0.717) is 23.7 Å². The summed E-state index contributed by atoms with van der Waals surface area (Å²) >= 11 is 6.10. The summed E-state index contributed by atoms with van der Waals surface area (Å²) in [6.07, 6.45) is 1.78. The molecule has 3 rings (SSSR count). The number of nitrogens with two attached hydrogens (primary N) is 1. The Bertz CT molecular complexity index is 792. The van der Waals surface area contributed by atoms with Gasteiger partial charge in [-0.15, -0.1) is 0 Å². The molecule has 1 aliphatic heterocycles. The van der Waals surface area contributed by atoms with Crippen LogP contribution in [-0.2, 0) is 11.3 Å². The zero-order chi connectivity index (χ0) is 18.5. The highest BCUT2D eigenvalue weighted by Gasteiger charge is 2.24. The molecule has 5 nitrogen and oxygen atoms in total. The smallest absolute Gasteiger partial charge is 0.251 e. The molecule has 0 aliphatic carbocycles. The fraction of sp³-hybridized carbons (Fsp3) is 0.300. The number of amides is 2. The first kappa shape index (κ1) is 18.3. The molecule has 2 aromatic carbocycles. The van der Waals surface area contributed by atoms with Gasteiger partial charge in [0.05, 0.1) is 5.92 Å². The van der Waals surface area contributed by atoms with E-state index >= 15 is 0 Å². The molecule has 1 fully saturated rings. The van der Waals surface area contributed by atoms with Crippen LogP contribution in [0.5, 0.6) is 0 Å². The molecule has 0 radical (unpaired) electrons. The van der Waals surface area contributed by atoms with E-state index in [0.717, 1.165) is 30.6 Å². The Morgan fingerprint density at radius 1 is 1.15 bits per heavy atom. The lowest BCUT2D eigenvalue weighted by Gasteiger charge is -2.33. The van der Waals surface area contributed by atoms with Crippen LogP contribution in [0.2, 0.25) is 5.02 Å². The summed E-state index contributed by atoms with van der Waals surface area (Å²) in [5.41, 5.74) is 7.90. The van der Waals surface area contributed by atoms with Gasteiger partial charge in [-0.05, 0) is 48.7 Å². The molecule has 26 heavy (non-hydrogen) atoms. The Kier molecular flexibility index (Phi) is 5.78. The van der Waals surface area contributed by atoms with E-state index in [1.54, 1.807) is 18.2 Å². The van der Waals surface area contributed by atoms with Crippen molar-refractivity contribution < 1.29 is 9.59 Å². The van der Waals surface area contributed by atoms with Crippen molar-refractivity contribution in [2.75, 3.05) is 18.0 Å². The number of anilines is 1. The molecule has 1 atom stereocenters. The molecular weight excluding hydrogens is 350 g/mol. The highest BCUT2D eigenvalue weighted by atomic mass is 35.5. The molecule has 136 valence electrons. The Labute approximate surface area is 158 Å². The number of halogens is 1. The first-order valence-corrected chi connectivity index (χ1v) is 9.08. The third kappa shape index (κ3) is 4.35. The number of primary amides is 1. The summed E-state index contributed by atoms with van der Waals surface area (Å²) < 4.78 is 0. The molecule has 3 N–H and O–H groups in total. The van der Waals surface area contributed by atoms with Crippen LogP contribution < -0.4 is 16.0 Å². The minimum atomic E-state index is -0.245. The van der Waals surface area contributed by atoms with Crippen molar-refractivity contribution in [2.24, 2.45) is 11.7 Å². The summed E-state index contributed by atoms with van der Waals surface area (Å²) in [4.78, 5) is 25.9. The number of hydrogen-bond donors (Lipinski definition) is 2. The molecule has 2 aromatic rings. The molecule has 0 aromatic heterocycles. The van der Waals surface area contributed by atoms with Crippen LogP contribution in [0.25, 0.3) is 0 Å². The number of rotatable bonds is 5. The van der Waals surface area contributed by atoms with E-state index in [1.165, 1.54) is 0 Å². The van der Waals surface area contributed by atoms with Crippen LogP contribution in [0.1, 0.15) is 28.8 Å². The standard InChI is InChI=1S/C20H22ClN3O2/c21-18-6-2-1-4-15(18)12-23-20(26)14-7-9-17(10-8-14)24-11-3-5-16(13-24)19(22)25/h1-2,4,6-10,16H,3,5,11-13H2,(H2,22,25)(H,23,26)/t16-/m1/s1. The number of carbonyl (C=O) groups is 2. The van der Waals surface area contributed by atoms with Crippen molar-refractivity contribution in [1.82, 2.24) is 5.32 Å². The van der Waals surface area contributed by atoms with Gasteiger partial charge in [0.15, 0.2) is 0 Å². The van der Waals surface area contributed by atoms with Gasteiger partial charge >= 0.3 is 0 Å². The number of piperidine rings is 1. The summed E-state index contributed by atoms with van der Waals surface area (Å²) in [5.74, 6) is -0.502. The van der Waals surface area contributed by atoms with Crippen LogP contribution in [0.15, 0.2) is 48.5 Å². The Hall–Kier alpha value is -2.53. The third-order valence-corrected chi connectivity index (χ3v) is 5.08. The van der Waals surface area contributed by atoms with Gasteiger partial charge < -0.3 is 16.0 Å². The molecule has 0 spiro atoms. The highest BCUT2D eigenvalue weighted by molar-refractivity contribution is 6.31. The van der Waals surface area contributed by atoms with Crippen LogP contribution in [0, 0.1) is 5.92 Å². The van der Waals surface area contributed by atoms with E-state index in [9.17, 15) is 9.59 Å². The van der Waals surface area contributed by atoms with Crippen LogP contribution in [0.3, 0.4) is 0 Å². The van der Waals surface area contributed by atoms with Crippen molar-refractivity contribution in [3.63, 3.8) is 0 Å². The lowest BCUT2D eigenvalue weighted by Crippen LogP contribution is -2.41. The lowest BCUT2D eigenvalue weighted by atomic mass is 9.97. The number of benzene rings is 2. The summed E-state index contributed by atoms with van der Waals surface area (Å²) in [7, 11) is 0. The van der Waals surface area contributed by atoms with Gasteiger partial charge in [0.2, 0.25) is 5.91 Å². The van der Waals surface area contributed by atoms with Gasteiger partial charge in [-0.2, -0.15) is 0 Å². The van der Waals surface area contributed by atoms with Crippen LogP contribution in [-0.4, -0.2) is 24.9 Å². The monoisotopic (exact) mass is 371 g/mol. The molecule has 1 saturated heterocycles. The predicted octanol–water partition coefficient (Wildman–Crippen LogP) is 2.97. The van der Waals surface area contributed by atoms with Crippen molar-refractivity contribution in [3.05, 3.63) is 64.7 Å². The third-order valence-electron chi connectivity index (χ3n) is 4.72. The minimum absolute atomic E-state index is 0.109. The highest BCUT2D eigenvalue weighted by Crippen LogP contribution is 2.23. The van der Waals surface area contributed by atoms with E-state index in [-0.39, 0.29) is 17.7 Å². The molecule has 2 amide bonds. The zero-order valence-electron chi connectivity index (χ0n) is 14.5. The van der Waals surface area contributed by atoms with Crippen LogP contribution >= 0.6 is 11.6 Å². The zero-order valence-corrected chi connectivity index (χ0v) is 15.2. The number of hydrogen-bond acceptors (Lipinski definition) is 3. The lowest BCUT2D eigenvalue weighted by molar-refractivity contribution is -0.122. The van der Waals surface area contributed by atoms with Gasteiger partial charge in [0, 0.05) is 35.9 Å². The van der Waals surface area contributed by atoms with Gasteiger partial charge in [0.25, 0.3) is 5.91 Å². The fourth-order valence-corrected chi connectivity index (χ4v) is 3.39. The molecule has 0 unspecified atom stereocenters. The molecule has 0 bridgehead atoms. The van der Waals surface area contributed by atoms with E-state index in [2.05, 4.69) is 10.2 Å². The normalized spacial score (nSPS) is 17.0. The second-order valence-electron chi connectivity index (χ2n) is 6.51. The molecular formula is C20H22ClN3O2. The molecule has 0 saturated carbocycles. The summed E-state index contributed by atoms with van der Waals surface area (Å²) in [6.45, 7) is 1.90. The van der Waals surface area contributed by atoms with Crippen molar-refractivity contribution >= 4 is 29.1 Å². The van der Waals surface area contributed by atoms with Crippen molar-refractivity contribution in [3.8, 4) is 0 Å². The molecule has 1 heterocycles. The maximum Gasteiger partial charge on any atom is 0.251 e. The number of carbonyl (C=O) groups excluding carboxylic acids is 2. The SMILES string of the molecule is NC(=O)[C@@H]1CCCN(c2ccc(C(=O)NCc3ccccc3Cl)cc2)C1. The first-order valence-electron chi connectivity index (χ1n) is 8.70. The van der Waals surface area contributed by atoms with Crippen molar-refractivity contribution in [2.45, 2.75) is 19.4 Å². The Balaban J connectivity index is 1.61. The van der Waals surface area contributed by atoms with E-state index < -0.39 is 0 Å². The van der Waals surface area contributed by atoms with Gasteiger partial charge in [-0.25, -0.2) is 0 Å². The number of nitrogens with one attached hydrogen (secondary N) is 1. The summed E-state index contributed by atoms with van der Waals surface area (Å²) in [6, 6.07) is 14.8. The van der Waals surface area contributed by atoms with Crippen molar-refractivity contribution in [1.29, 1.82) is 0 Å². The molecule has 1 aliphatic rings. The van der Waals surface area contributed by atoms with Gasteiger partial charge in [-0.1, -0.05) is 29.8 Å². The second-order valence-corrected chi connectivity index (χ2v) is 6.92. The summed E-state index contributed by atoms with van der Waals surface area (Å²) in [5, 5.41) is 3.52. The maximum atomic E-state index is 12.3. The predicted molar refractivity (Wildman–Crippen MR) is 103 cm³/mol. The minimum Gasteiger partial charge on any atom is -0.371 e. The topological polar surface area (TPSA) is 75.4 Å². The average Bonchev–Trinajstić information content (AvgIpc) is 2.67. The molecule has 6 heteroatoms.